The maximum Gasteiger partial charge on any atom is 0.209 e. The predicted octanol–water partition coefficient (Wildman–Crippen LogP) is 3.20. The van der Waals surface area contributed by atoms with E-state index in [1.54, 1.807) is 6.20 Å². The molecular formula is C15H19ClN2O2. The molecule has 0 bridgehead atoms. The second-order valence-electron chi connectivity index (χ2n) is 4.91. The van der Waals surface area contributed by atoms with Gasteiger partial charge in [-0.15, -0.1) is 0 Å². The quantitative estimate of drug-likeness (QED) is 0.889. The SMILES string of the molecule is CC(C)N(CCO)Cc1ncc(-c2ccc(Cl)cc2)o1. The van der Waals surface area contributed by atoms with E-state index in [0.717, 1.165) is 11.3 Å². The molecule has 0 radical (unpaired) electrons. The Hall–Kier alpha value is -1.36. The molecule has 5 heteroatoms. The summed E-state index contributed by atoms with van der Waals surface area (Å²) in [6.07, 6.45) is 1.72. The molecule has 0 aliphatic heterocycles. The second-order valence-corrected chi connectivity index (χ2v) is 5.35. The van der Waals surface area contributed by atoms with Crippen LogP contribution in [0.3, 0.4) is 0 Å². The lowest BCUT2D eigenvalue weighted by Gasteiger charge is -2.23. The topological polar surface area (TPSA) is 49.5 Å². The molecule has 0 unspecified atom stereocenters. The lowest BCUT2D eigenvalue weighted by atomic mass is 10.2. The van der Waals surface area contributed by atoms with E-state index in [-0.39, 0.29) is 6.61 Å². The molecule has 1 heterocycles. The Kier molecular flexibility index (Phi) is 5.17. The number of nitrogens with zero attached hydrogens (tertiary/aromatic N) is 2. The van der Waals surface area contributed by atoms with Crippen molar-refractivity contribution in [1.29, 1.82) is 0 Å². The van der Waals surface area contributed by atoms with Crippen molar-refractivity contribution in [3.8, 4) is 11.3 Å². The maximum absolute atomic E-state index is 9.07. The minimum Gasteiger partial charge on any atom is -0.439 e. The van der Waals surface area contributed by atoms with Crippen LogP contribution in [0.1, 0.15) is 19.7 Å². The number of hydrogen-bond acceptors (Lipinski definition) is 4. The molecule has 0 saturated heterocycles. The van der Waals surface area contributed by atoms with Crippen LogP contribution < -0.4 is 0 Å². The number of aromatic nitrogens is 1. The van der Waals surface area contributed by atoms with Crippen LogP contribution in [0.25, 0.3) is 11.3 Å². The third kappa shape index (κ3) is 3.82. The van der Waals surface area contributed by atoms with Gasteiger partial charge in [0, 0.05) is 23.2 Å². The zero-order valence-electron chi connectivity index (χ0n) is 11.7. The number of halogens is 1. The third-order valence-corrected chi connectivity index (χ3v) is 3.39. The molecule has 1 N–H and O–H groups in total. The van der Waals surface area contributed by atoms with Crippen molar-refractivity contribution in [3.05, 3.63) is 41.4 Å². The standard InChI is InChI=1S/C15H19ClN2O2/c1-11(2)18(7-8-19)10-15-17-9-14(20-15)12-3-5-13(16)6-4-12/h3-6,9,11,19H,7-8,10H2,1-2H3. The first-order chi connectivity index (χ1) is 9.60. The normalized spacial score (nSPS) is 11.5. The van der Waals surface area contributed by atoms with Crippen molar-refractivity contribution in [1.82, 2.24) is 9.88 Å². The van der Waals surface area contributed by atoms with E-state index in [4.69, 9.17) is 21.1 Å². The number of aliphatic hydroxyl groups is 1. The summed E-state index contributed by atoms with van der Waals surface area (Å²) in [5.74, 6) is 1.38. The summed E-state index contributed by atoms with van der Waals surface area (Å²) in [7, 11) is 0. The van der Waals surface area contributed by atoms with Crippen LogP contribution in [0.4, 0.5) is 0 Å². The molecule has 1 aromatic heterocycles. The highest BCUT2D eigenvalue weighted by Crippen LogP contribution is 2.23. The molecule has 0 saturated carbocycles. The Labute approximate surface area is 124 Å². The van der Waals surface area contributed by atoms with Gasteiger partial charge in [-0.05, 0) is 38.1 Å². The molecule has 0 spiro atoms. The van der Waals surface area contributed by atoms with Crippen LogP contribution >= 0.6 is 11.6 Å². The predicted molar refractivity (Wildman–Crippen MR) is 79.6 cm³/mol. The van der Waals surface area contributed by atoms with Crippen molar-refractivity contribution in [2.45, 2.75) is 26.4 Å². The van der Waals surface area contributed by atoms with Gasteiger partial charge in [-0.1, -0.05) is 11.6 Å². The molecule has 20 heavy (non-hydrogen) atoms. The Bertz CT molecular complexity index is 537. The van der Waals surface area contributed by atoms with E-state index in [9.17, 15) is 0 Å². The summed E-state index contributed by atoms with van der Waals surface area (Å²) in [5.41, 5.74) is 0.950. The van der Waals surface area contributed by atoms with Crippen LogP contribution in [-0.4, -0.2) is 34.2 Å². The Morgan fingerprint density at radius 3 is 2.60 bits per heavy atom. The largest absolute Gasteiger partial charge is 0.439 e. The first kappa shape index (κ1) is 15.0. The van der Waals surface area contributed by atoms with Gasteiger partial charge in [0.25, 0.3) is 0 Å². The molecule has 2 rings (SSSR count). The fraction of sp³-hybridized carbons (Fsp3) is 0.400. The van der Waals surface area contributed by atoms with Crippen molar-refractivity contribution in [3.63, 3.8) is 0 Å². The average molecular weight is 295 g/mol. The monoisotopic (exact) mass is 294 g/mol. The molecule has 0 fully saturated rings. The molecule has 0 aliphatic carbocycles. The Morgan fingerprint density at radius 1 is 1.30 bits per heavy atom. The summed E-state index contributed by atoms with van der Waals surface area (Å²) >= 11 is 5.87. The molecule has 4 nitrogen and oxygen atoms in total. The van der Waals surface area contributed by atoms with Gasteiger partial charge >= 0.3 is 0 Å². The molecule has 0 aliphatic rings. The van der Waals surface area contributed by atoms with Crippen LogP contribution in [0.5, 0.6) is 0 Å². The number of benzene rings is 1. The van der Waals surface area contributed by atoms with Crippen molar-refractivity contribution in [2.24, 2.45) is 0 Å². The molecule has 108 valence electrons. The van der Waals surface area contributed by atoms with Crippen LogP contribution in [0.2, 0.25) is 5.02 Å². The lowest BCUT2D eigenvalue weighted by Crippen LogP contribution is -2.32. The molecular weight excluding hydrogens is 276 g/mol. The van der Waals surface area contributed by atoms with Gasteiger partial charge in [-0.25, -0.2) is 4.98 Å². The first-order valence-corrected chi connectivity index (χ1v) is 7.03. The molecule has 2 aromatic rings. The van der Waals surface area contributed by atoms with Gasteiger partial charge in [-0.2, -0.15) is 0 Å². The van der Waals surface area contributed by atoms with E-state index in [0.29, 0.717) is 30.0 Å². The van der Waals surface area contributed by atoms with E-state index in [1.807, 2.05) is 24.3 Å². The summed E-state index contributed by atoms with van der Waals surface area (Å²) < 4.78 is 5.76. The fourth-order valence-electron chi connectivity index (χ4n) is 1.95. The smallest absolute Gasteiger partial charge is 0.209 e. The highest BCUT2D eigenvalue weighted by molar-refractivity contribution is 6.30. The van der Waals surface area contributed by atoms with Crippen molar-refractivity contribution < 1.29 is 9.52 Å². The van der Waals surface area contributed by atoms with Gasteiger partial charge in [0.1, 0.15) is 0 Å². The van der Waals surface area contributed by atoms with Crippen molar-refractivity contribution in [2.75, 3.05) is 13.2 Å². The average Bonchev–Trinajstić information content (AvgIpc) is 2.87. The number of oxazole rings is 1. The highest BCUT2D eigenvalue weighted by atomic mass is 35.5. The minimum atomic E-state index is 0.128. The molecule has 1 aromatic carbocycles. The van der Waals surface area contributed by atoms with E-state index >= 15 is 0 Å². The van der Waals surface area contributed by atoms with Crippen molar-refractivity contribution >= 4 is 11.6 Å². The second kappa shape index (κ2) is 6.88. The zero-order valence-corrected chi connectivity index (χ0v) is 12.5. The van der Waals surface area contributed by atoms with Gasteiger partial charge in [-0.3, -0.25) is 4.90 Å². The third-order valence-electron chi connectivity index (χ3n) is 3.14. The van der Waals surface area contributed by atoms with E-state index < -0.39 is 0 Å². The van der Waals surface area contributed by atoms with Crippen LogP contribution in [-0.2, 0) is 6.54 Å². The summed E-state index contributed by atoms with van der Waals surface area (Å²) in [5, 5.41) is 9.76. The summed E-state index contributed by atoms with van der Waals surface area (Å²) in [4.78, 5) is 6.41. The molecule has 0 atom stereocenters. The first-order valence-electron chi connectivity index (χ1n) is 6.65. The number of hydrogen-bond donors (Lipinski definition) is 1. The van der Waals surface area contributed by atoms with E-state index in [1.165, 1.54) is 0 Å². The van der Waals surface area contributed by atoms with E-state index in [2.05, 4.69) is 23.7 Å². The van der Waals surface area contributed by atoms with Crippen LogP contribution in [0, 0.1) is 0 Å². The highest BCUT2D eigenvalue weighted by Gasteiger charge is 2.13. The minimum absolute atomic E-state index is 0.128. The van der Waals surface area contributed by atoms with Gasteiger partial charge < -0.3 is 9.52 Å². The lowest BCUT2D eigenvalue weighted by molar-refractivity contribution is 0.148. The maximum atomic E-state index is 9.07. The Balaban J connectivity index is 2.10. The van der Waals surface area contributed by atoms with Crippen LogP contribution in [0.15, 0.2) is 34.9 Å². The number of aliphatic hydroxyl groups excluding tert-OH is 1. The summed E-state index contributed by atoms with van der Waals surface area (Å²) in [6, 6.07) is 7.78. The fourth-order valence-corrected chi connectivity index (χ4v) is 2.08. The zero-order chi connectivity index (χ0) is 14.5. The number of rotatable bonds is 6. The Morgan fingerprint density at radius 2 is 2.00 bits per heavy atom. The van der Waals surface area contributed by atoms with Gasteiger partial charge in [0.2, 0.25) is 5.89 Å². The van der Waals surface area contributed by atoms with Gasteiger partial charge in [0.15, 0.2) is 5.76 Å². The van der Waals surface area contributed by atoms with Gasteiger partial charge in [0.05, 0.1) is 19.3 Å². The summed E-state index contributed by atoms with van der Waals surface area (Å²) in [6.45, 7) is 5.49. The molecule has 0 amide bonds.